The van der Waals surface area contributed by atoms with Crippen LogP contribution in [-0.4, -0.2) is 36.4 Å². The molecule has 1 fully saturated rings. The van der Waals surface area contributed by atoms with E-state index in [4.69, 9.17) is 4.74 Å². The number of amides is 1. The summed E-state index contributed by atoms with van der Waals surface area (Å²) in [7, 11) is 0. The van der Waals surface area contributed by atoms with Crippen molar-refractivity contribution in [2.45, 2.75) is 58.1 Å². The summed E-state index contributed by atoms with van der Waals surface area (Å²) in [4.78, 5) is 11.9. The number of rotatable bonds is 7. The minimum Gasteiger partial charge on any atom is -0.394 e. The van der Waals surface area contributed by atoms with Crippen LogP contribution in [0.4, 0.5) is 0 Å². The summed E-state index contributed by atoms with van der Waals surface area (Å²) in [5, 5.41) is 12.2. The first-order valence-electron chi connectivity index (χ1n) is 6.71. The lowest BCUT2D eigenvalue weighted by atomic mass is 10.0. The van der Waals surface area contributed by atoms with Crippen LogP contribution >= 0.6 is 0 Å². The molecule has 0 aromatic carbocycles. The van der Waals surface area contributed by atoms with Crippen LogP contribution in [0.3, 0.4) is 0 Å². The molecule has 3 atom stereocenters. The molecular weight excluding hydrogens is 218 g/mol. The van der Waals surface area contributed by atoms with Crippen molar-refractivity contribution in [3.8, 4) is 0 Å². The summed E-state index contributed by atoms with van der Waals surface area (Å²) in [6.07, 6.45) is 5.01. The van der Waals surface area contributed by atoms with Crippen LogP contribution in [0.1, 0.15) is 46.0 Å². The first kappa shape index (κ1) is 14.5. The summed E-state index contributed by atoms with van der Waals surface area (Å²) >= 11 is 0. The number of hydrogen-bond donors (Lipinski definition) is 2. The maximum Gasteiger partial charge on any atom is 0.223 e. The Labute approximate surface area is 104 Å². The van der Waals surface area contributed by atoms with E-state index in [9.17, 15) is 9.90 Å². The third-order valence-corrected chi connectivity index (χ3v) is 3.38. The van der Waals surface area contributed by atoms with E-state index in [1.165, 1.54) is 0 Å². The van der Waals surface area contributed by atoms with Gasteiger partial charge >= 0.3 is 0 Å². The average Bonchev–Trinajstić information content (AvgIpc) is 2.86. The van der Waals surface area contributed by atoms with Crippen LogP contribution in [0, 0.1) is 5.92 Å². The summed E-state index contributed by atoms with van der Waals surface area (Å²) in [5.41, 5.74) is 0. The first-order chi connectivity index (χ1) is 8.19. The zero-order valence-electron chi connectivity index (χ0n) is 10.9. The standard InChI is InChI=1S/C13H25NO3/c1-3-4-6-10(2)13(16)14-11(9-15)12-7-5-8-17-12/h10-12,15H,3-9H2,1-2H3,(H,14,16)/t10-,11+,12-/m0/s1. The molecule has 0 bridgehead atoms. The maximum absolute atomic E-state index is 11.9. The summed E-state index contributed by atoms with van der Waals surface area (Å²) in [6, 6.07) is -0.242. The van der Waals surface area contributed by atoms with E-state index in [0.29, 0.717) is 0 Å². The van der Waals surface area contributed by atoms with Crippen LogP contribution in [0.15, 0.2) is 0 Å². The number of unbranched alkanes of at least 4 members (excludes halogenated alkanes) is 1. The molecule has 1 rings (SSSR count). The molecule has 0 aliphatic carbocycles. The quantitative estimate of drug-likeness (QED) is 0.712. The van der Waals surface area contributed by atoms with Gasteiger partial charge in [-0.15, -0.1) is 0 Å². The van der Waals surface area contributed by atoms with Crippen molar-refractivity contribution >= 4 is 5.91 Å². The van der Waals surface area contributed by atoms with Gasteiger partial charge in [-0.1, -0.05) is 26.7 Å². The van der Waals surface area contributed by atoms with E-state index in [0.717, 1.165) is 38.7 Å². The van der Waals surface area contributed by atoms with Crippen molar-refractivity contribution in [2.75, 3.05) is 13.2 Å². The molecule has 0 unspecified atom stereocenters. The van der Waals surface area contributed by atoms with Crippen molar-refractivity contribution in [2.24, 2.45) is 5.92 Å². The van der Waals surface area contributed by atoms with Gasteiger partial charge in [0.15, 0.2) is 0 Å². The van der Waals surface area contributed by atoms with Crippen LogP contribution in [-0.2, 0) is 9.53 Å². The normalized spacial score (nSPS) is 23.4. The first-order valence-corrected chi connectivity index (χ1v) is 6.71. The van der Waals surface area contributed by atoms with Crippen molar-refractivity contribution in [3.63, 3.8) is 0 Å². The zero-order valence-corrected chi connectivity index (χ0v) is 10.9. The number of aliphatic hydroxyl groups is 1. The third kappa shape index (κ3) is 4.64. The van der Waals surface area contributed by atoms with Gasteiger partial charge in [-0.3, -0.25) is 4.79 Å². The number of nitrogens with one attached hydrogen (secondary N) is 1. The summed E-state index contributed by atoms with van der Waals surface area (Å²) < 4.78 is 5.49. The molecule has 1 heterocycles. The van der Waals surface area contributed by atoms with E-state index in [-0.39, 0.29) is 30.6 Å². The van der Waals surface area contributed by atoms with Crippen molar-refractivity contribution in [1.82, 2.24) is 5.32 Å². The number of hydrogen-bond acceptors (Lipinski definition) is 3. The molecule has 4 heteroatoms. The minimum atomic E-state index is -0.242. The van der Waals surface area contributed by atoms with Gasteiger partial charge in [-0.25, -0.2) is 0 Å². The lowest BCUT2D eigenvalue weighted by molar-refractivity contribution is -0.126. The van der Waals surface area contributed by atoms with Gasteiger partial charge in [0.1, 0.15) is 0 Å². The van der Waals surface area contributed by atoms with Gasteiger partial charge in [-0.2, -0.15) is 0 Å². The average molecular weight is 243 g/mol. The van der Waals surface area contributed by atoms with Gasteiger partial charge in [0.05, 0.1) is 18.8 Å². The molecule has 17 heavy (non-hydrogen) atoms. The Balaban J connectivity index is 2.35. The van der Waals surface area contributed by atoms with Gasteiger partial charge in [0.25, 0.3) is 0 Å². The third-order valence-electron chi connectivity index (χ3n) is 3.38. The fourth-order valence-electron chi connectivity index (χ4n) is 2.14. The second kappa shape index (κ2) is 7.67. The van der Waals surface area contributed by atoms with Crippen LogP contribution in [0.25, 0.3) is 0 Å². The number of carbonyl (C=O) groups is 1. The second-order valence-electron chi connectivity index (χ2n) is 4.89. The lowest BCUT2D eigenvalue weighted by Crippen LogP contribution is -2.47. The Bertz CT molecular complexity index is 227. The molecule has 0 aromatic rings. The summed E-state index contributed by atoms with van der Waals surface area (Å²) in [5.74, 6) is 0.0541. The highest BCUT2D eigenvalue weighted by molar-refractivity contribution is 5.78. The van der Waals surface area contributed by atoms with Gasteiger partial charge < -0.3 is 15.2 Å². The molecule has 4 nitrogen and oxygen atoms in total. The van der Waals surface area contributed by atoms with Crippen LogP contribution < -0.4 is 5.32 Å². The molecule has 1 aliphatic heterocycles. The number of carbonyl (C=O) groups excluding carboxylic acids is 1. The molecule has 0 saturated carbocycles. The summed E-state index contributed by atoms with van der Waals surface area (Å²) in [6.45, 7) is 4.75. The highest BCUT2D eigenvalue weighted by atomic mass is 16.5. The minimum absolute atomic E-state index is 0.0117. The van der Waals surface area contributed by atoms with E-state index in [2.05, 4.69) is 12.2 Å². The van der Waals surface area contributed by atoms with Crippen molar-refractivity contribution < 1.29 is 14.6 Å². The van der Waals surface area contributed by atoms with E-state index in [1.807, 2.05) is 6.92 Å². The number of aliphatic hydroxyl groups excluding tert-OH is 1. The monoisotopic (exact) mass is 243 g/mol. The molecule has 1 amide bonds. The smallest absolute Gasteiger partial charge is 0.223 e. The van der Waals surface area contributed by atoms with Gasteiger partial charge in [0.2, 0.25) is 5.91 Å². The van der Waals surface area contributed by atoms with Gasteiger partial charge in [0, 0.05) is 12.5 Å². The molecule has 0 aromatic heterocycles. The molecule has 1 saturated heterocycles. The Morgan fingerprint density at radius 3 is 2.88 bits per heavy atom. The van der Waals surface area contributed by atoms with Crippen molar-refractivity contribution in [3.05, 3.63) is 0 Å². The Kier molecular flexibility index (Phi) is 6.52. The number of ether oxygens (including phenoxy) is 1. The largest absolute Gasteiger partial charge is 0.394 e. The fraction of sp³-hybridized carbons (Fsp3) is 0.923. The van der Waals surface area contributed by atoms with E-state index >= 15 is 0 Å². The molecule has 0 spiro atoms. The van der Waals surface area contributed by atoms with Crippen molar-refractivity contribution in [1.29, 1.82) is 0 Å². The van der Waals surface area contributed by atoms with E-state index in [1.54, 1.807) is 0 Å². The highest BCUT2D eigenvalue weighted by Gasteiger charge is 2.27. The fourth-order valence-corrected chi connectivity index (χ4v) is 2.14. The molecule has 1 aliphatic rings. The lowest BCUT2D eigenvalue weighted by Gasteiger charge is -2.23. The molecule has 0 radical (unpaired) electrons. The maximum atomic E-state index is 11.9. The van der Waals surface area contributed by atoms with Gasteiger partial charge in [-0.05, 0) is 19.3 Å². The molecule has 2 N–H and O–H groups in total. The molecule has 100 valence electrons. The van der Waals surface area contributed by atoms with E-state index < -0.39 is 0 Å². The SMILES string of the molecule is CCCC[C@H](C)C(=O)N[C@H](CO)[C@@H]1CCCO1. The predicted octanol–water partition coefficient (Wildman–Crippen LogP) is 1.47. The Morgan fingerprint density at radius 1 is 1.59 bits per heavy atom. The zero-order chi connectivity index (χ0) is 12.7. The Hall–Kier alpha value is -0.610. The highest BCUT2D eigenvalue weighted by Crippen LogP contribution is 2.16. The van der Waals surface area contributed by atoms with Crippen LogP contribution in [0.5, 0.6) is 0 Å². The predicted molar refractivity (Wildman–Crippen MR) is 66.7 cm³/mol. The Morgan fingerprint density at radius 2 is 2.35 bits per heavy atom. The van der Waals surface area contributed by atoms with Crippen LogP contribution in [0.2, 0.25) is 0 Å². The molecular formula is C13H25NO3. The second-order valence-corrected chi connectivity index (χ2v) is 4.89. The topological polar surface area (TPSA) is 58.6 Å².